The van der Waals surface area contributed by atoms with Gasteiger partial charge in [-0.3, -0.25) is 4.79 Å². The summed E-state index contributed by atoms with van der Waals surface area (Å²) in [5, 5.41) is 12.9. The van der Waals surface area contributed by atoms with E-state index in [4.69, 9.17) is 0 Å². The number of hydrogen-bond donors (Lipinski definition) is 2. The van der Waals surface area contributed by atoms with Crippen molar-refractivity contribution in [1.82, 2.24) is 5.32 Å². The molecule has 1 amide bonds. The number of nitrogens with one attached hydrogen (secondary N) is 1. The summed E-state index contributed by atoms with van der Waals surface area (Å²) in [6.07, 6.45) is 2.15. The molecule has 1 aliphatic rings. The monoisotopic (exact) mass is 293 g/mol. The number of amides is 1. The van der Waals surface area contributed by atoms with Crippen molar-refractivity contribution in [2.24, 2.45) is 11.8 Å². The maximum atomic E-state index is 12.9. The Balaban J connectivity index is 1.79. The summed E-state index contributed by atoms with van der Waals surface area (Å²) >= 11 is 0. The molecule has 2 N–H and O–H groups in total. The van der Waals surface area contributed by atoms with Gasteiger partial charge in [0.15, 0.2) is 0 Å². The molecule has 0 aromatic heterocycles. The quantitative estimate of drug-likeness (QED) is 0.812. The van der Waals surface area contributed by atoms with Crippen LogP contribution in [0.5, 0.6) is 0 Å². The average Bonchev–Trinajstić information content (AvgIpc) is 3.27. The van der Waals surface area contributed by atoms with Gasteiger partial charge in [0.1, 0.15) is 5.82 Å². The summed E-state index contributed by atoms with van der Waals surface area (Å²) in [4.78, 5) is 12.1. The van der Waals surface area contributed by atoms with Gasteiger partial charge in [0.2, 0.25) is 5.91 Å². The minimum absolute atomic E-state index is 0.00525. The van der Waals surface area contributed by atoms with Gasteiger partial charge in [-0.15, -0.1) is 0 Å². The molecule has 3 atom stereocenters. The SMILES string of the molecule is CCC(CC)C(O)CNC(=O)C1CC1c1ccc(F)cc1. The Kier molecular flexibility index (Phi) is 5.34. The van der Waals surface area contributed by atoms with Crippen LogP contribution in [0.15, 0.2) is 24.3 Å². The van der Waals surface area contributed by atoms with Crippen LogP contribution in [0.1, 0.15) is 44.6 Å². The van der Waals surface area contributed by atoms with Crippen LogP contribution in [0.4, 0.5) is 4.39 Å². The van der Waals surface area contributed by atoms with Crippen molar-refractivity contribution in [3.63, 3.8) is 0 Å². The van der Waals surface area contributed by atoms with Crippen molar-refractivity contribution in [2.45, 2.75) is 45.1 Å². The second kappa shape index (κ2) is 7.03. The lowest BCUT2D eigenvalue weighted by Gasteiger charge is -2.20. The molecule has 21 heavy (non-hydrogen) atoms. The number of carbonyl (C=O) groups is 1. The second-order valence-corrected chi connectivity index (χ2v) is 5.89. The molecule has 4 heteroatoms. The predicted octanol–water partition coefficient (Wildman–Crippen LogP) is 2.84. The number of aliphatic hydroxyl groups excluding tert-OH is 1. The highest BCUT2D eigenvalue weighted by molar-refractivity contribution is 5.82. The third-order valence-electron chi connectivity index (χ3n) is 4.50. The molecule has 116 valence electrons. The van der Waals surface area contributed by atoms with Crippen LogP contribution in [-0.2, 0) is 4.79 Å². The Hall–Kier alpha value is -1.42. The number of carbonyl (C=O) groups excluding carboxylic acids is 1. The lowest BCUT2D eigenvalue weighted by Crippen LogP contribution is -2.37. The predicted molar refractivity (Wildman–Crippen MR) is 80.3 cm³/mol. The molecule has 0 bridgehead atoms. The molecule has 0 spiro atoms. The third kappa shape index (κ3) is 4.03. The largest absolute Gasteiger partial charge is 0.391 e. The molecule has 0 heterocycles. The Labute approximate surface area is 125 Å². The van der Waals surface area contributed by atoms with E-state index in [1.54, 1.807) is 12.1 Å². The van der Waals surface area contributed by atoms with E-state index in [1.165, 1.54) is 12.1 Å². The van der Waals surface area contributed by atoms with Gasteiger partial charge in [0.25, 0.3) is 0 Å². The van der Waals surface area contributed by atoms with Gasteiger partial charge in [-0.2, -0.15) is 0 Å². The Morgan fingerprint density at radius 2 is 1.95 bits per heavy atom. The highest BCUT2D eigenvalue weighted by atomic mass is 19.1. The third-order valence-corrected chi connectivity index (χ3v) is 4.50. The zero-order valence-corrected chi connectivity index (χ0v) is 12.7. The van der Waals surface area contributed by atoms with Gasteiger partial charge in [0.05, 0.1) is 6.10 Å². The molecule has 0 radical (unpaired) electrons. The molecule has 1 aromatic carbocycles. The summed E-state index contributed by atoms with van der Waals surface area (Å²) in [6.45, 7) is 4.41. The van der Waals surface area contributed by atoms with Crippen LogP contribution < -0.4 is 5.32 Å². The first-order valence-corrected chi connectivity index (χ1v) is 7.78. The number of hydrogen-bond acceptors (Lipinski definition) is 2. The summed E-state index contributed by atoms with van der Waals surface area (Å²) in [5.74, 6) is 0.126. The normalized spacial score (nSPS) is 22.1. The lowest BCUT2D eigenvalue weighted by molar-refractivity contribution is -0.123. The standard InChI is InChI=1S/C17H24FNO2/c1-3-11(4-2)16(20)10-19-17(21)15-9-14(15)12-5-7-13(18)8-6-12/h5-8,11,14-16,20H,3-4,9-10H2,1-2H3,(H,19,21). The smallest absolute Gasteiger partial charge is 0.223 e. The molecule has 3 nitrogen and oxygen atoms in total. The number of aliphatic hydroxyl groups is 1. The molecular formula is C17H24FNO2. The summed E-state index contributed by atoms with van der Waals surface area (Å²) in [5.41, 5.74) is 1.01. The van der Waals surface area contributed by atoms with E-state index in [-0.39, 0.29) is 29.5 Å². The highest BCUT2D eigenvalue weighted by Crippen LogP contribution is 2.47. The van der Waals surface area contributed by atoms with Crippen molar-refractivity contribution >= 4 is 5.91 Å². The van der Waals surface area contributed by atoms with Crippen molar-refractivity contribution in [3.05, 3.63) is 35.6 Å². The van der Waals surface area contributed by atoms with E-state index in [9.17, 15) is 14.3 Å². The lowest BCUT2D eigenvalue weighted by atomic mass is 9.96. The fourth-order valence-electron chi connectivity index (χ4n) is 2.90. The zero-order valence-electron chi connectivity index (χ0n) is 12.7. The fraction of sp³-hybridized carbons (Fsp3) is 0.588. The summed E-state index contributed by atoms with van der Waals surface area (Å²) in [6, 6.07) is 6.34. The molecule has 2 rings (SSSR count). The van der Waals surface area contributed by atoms with Crippen LogP contribution in [0.2, 0.25) is 0 Å². The van der Waals surface area contributed by atoms with Gasteiger partial charge in [-0.25, -0.2) is 4.39 Å². The van der Waals surface area contributed by atoms with Crippen LogP contribution in [0.3, 0.4) is 0 Å². The highest BCUT2D eigenvalue weighted by Gasteiger charge is 2.43. The molecule has 0 aliphatic heterocycles. The van der Waals surface area contributed by atoms with Crippen LogP contribution in [0, 0.1) is 17.7 Å². The number of benzene rings is 1. The Bertz CT molecular complexity index is 470. The average molecular weight is 293 g/mol. The van der Waals surface area contributed by atoms with Crippen LogP contribution >= 0.6 is 0 Å². The first kappa shape index (κ1) is 16.0. The minimum Gasteiger partial charge on any atom is -0.391 e. The number of rotatable bonds is 7. The van der Waals surface area contributed by atoms with E-state index < -0.39 is 6.10 Å². The zero-order chi connectivity index (χ0) is 15.4. The van der Waals surface area contributed by atoms with Crippen molar-refractivity contribution < 1.29 is 14.3 Å². The maximum absolute atomic E-state index is 12.9. The summed E-state index contributed by atoms with van der Waals surface area (Å²) < 4.78 is 12.9. The summed E-state index contributed by atoms with van der Waals surface area (Å²) in [7, 11) is 0. The second-order valence-electron chi connectivity index (χ2n) is 5.89. The molecule has 1 aromatic rings. The topological polar surface area (TPSA) is 49.3 Å². The van der Waals surface area contributed by atoms with Crippen molar-refractivity contribution in [1.29, 1.82) is 0 Å². The van der Waals surface area contributed by atoms with E-state index in [0.29, 0.717) is 6.54 Å². The van der Waals surface area contributed by atoms with E-state index in [0.717, 1.165) is 24.8 Å². The van der Waals surface area contributed by atoms with Gasteiger partial charge in [-0.05, 0) is 36.0 Å². The van der Waals surface area contributed by atoms with Crippen LogP contribution in [0.25, 0.3) is 0 Å². The Morgan fingerprint density at radius 3 is 2.52 bits per heavy atom. The van der Waals surface area contributed by atoms with Gasteiger partial charge in [-0.1, -0.05) is 38.8 Å². The first-order valence-electron chi connectivity index (χ1n) is 7.78. The maximum Gasteiger partial charge on any atom is 0.223 e. The number of halogens is 1. The molecule has 1 aliphatic carbocycles. The van der Waals surface area contributed by atoms with E-state index in [2.05, 4.69) is 5.32 Å². The molecule has 3 unspecified atom stereocenters. The van der Waals surface area contributed by atoms with Crippen LogP contribution in [-0.4, -0.2) is 23.7 Å². The van der Waals surface area contributed by atoms with Crippen molar-refractivity contribution in [2.75, 3.05) is 6.54 Å². The van der Waals surface area contributed by atoms with Gasteiger partial charge < -0.3 is 10.4 Å². The van der Waals surface area contributed by atoms with E-state index >= 15 is 0 Å². The van der Waals surface area contributed by atoms with E-state index in [1.807, 2.05) is 13.8 Å². The fourth-order valence-corrected chi connectivity index (χ4v) is 2.90. The molecule has 1 fully saturated rings. The Morgan fingerprint density at radius 1 is 1.33 bits per heavy atom. The minimum atomic E-state index is -0.480. The molecule has 0 saturated heterocycles. The van der Waals surface area contributed by atoms with Crippen molar-refractivity contribution in [3.8, 4) is 0 Å². The van der Waals surface area contributed by atoms with Gasteiger partial charge >= 0.3 is 0 Å². The van der Waals surface area contributed by atoms with Gasteiger partial charge in [0, 0.05) is 12.5 Å². The first-order chi connectivity index (χ1) is 10.1. The molecule has 1 saturated carbocycles. The molecular weight excluding hydrogens is 269 g/mol.